The van der Waals surface area contributed by atoms with Gasteiger partial charge in [-0.2, -0.15) is 0 Å². The molecule has 0 aliphatic rings. The molecule has 0 aliphatic carbocycles. The maximum atomic E-state index is 13.3. The molecule has 13 heteroatoms. The highest BCUT2D eigenvalue weighted by atomic mass is 32.2. The van der Waals surface area contributed by atoms with Gasteiger partial charge in [0.15, 0.2) is 16.6 Å². The van der Waals surface area contributed by atoms with Crippen LogP contribution in [0.4, 0.5) is 18.9 Å². The number of rotatable bonds is 9. The van der Waals surface area contributed by atoms with Gasteiger partial charge in [0.1, 0.15) is 11.6 Å². The smallest absolute Gasteiger partial charge is 0.266 e. The van der Waals surface area contributed by atoms with Gasteiger partial charge in [0.25, 0.3) is 6.43 Å². The number of halogens is 3. The predicted octanol–water partition coefficient (Wildman–Crippen LogP) is 1.77. The zero-order valence-corrected chi connectivity index (χ0v) is 16.2. The number of hydrogen-bond acceptors (Lipinski definition) is 7. The van der Waals surface area contributed by atoms with E-state index in [1.54, 1.807) is 0 Å². The van der Waals surface area contributed by atoms with Crippen molar-refractivity contribution >= 4 is 40.0 Å². The molecule has 0 fully saturated rings. The average Bonchev–Trinajstić information content (AvgIpc) is 3.08. The fourth-order valence-corrected chi connectivity index (χ4v) is 3.20. The number of nitrogens with zero attached hydrogens (tertiary/aromatic N) is 3. The Morgan fingerprint density at radius 3 is 2.86 bits per heavy atom. The van der Waals surface area contributed by atoms with Gasteiger partial charge in [0, 0.05) is 29.4 Å². The van der Waals surface area contributed by atoms with Gasteiger partial charge in [0.2, 0.25) is 5.91 Å². The molecule has 2 rings (SSSR count). The molecule has 1 atom stereocenters. The molecule has 2 aromatic rings. The molecule has 152 valence electrons. The summed E-state index contributed by atoms with van der Waals surface area (Å²) >= 11 is 1.17. The molecule has 0 bridgehead atoms. The molecule has 0 spiro atoms. The number of carbonyl (C=O) groups excluding carboxylic acids is 1. The number of benzene rings is 1. The number of aliphatic imine (C=N–C) groups is 1. The molecular formula is C15H16F3N5O3S2. The number of aromatic nitrogens is 2. The highest BCUT2D eigenvalue weighted by Crippen LogP contribution is 2.27. The standard InChI is InChI=1S/C15H16F3N5O3S2/c1-28(25)7-11(24)20-4-5-27-15-12(22-26-23-15)14(19)21-8-2-3-10(16)9(6-8)13(17)18/h2-3,6,13H,4-5,7H2,1H3,(H2,19,21)(H,20,24). The fourth-order valence-electron chi connectivity index (χ4n) is 1.97. The van der Waals surface area contributed by atoms with E-state index in [4.69, 9.17) is 5.73 Å². The van der Waals surface area contributed by atoms with E-state index in [0.717, 1.165) is 12.1 Å². The van der Waals surface area contributed by atoms with Crippen LogP contribution in [0.3, 0.4) is 0 Å². The molecule has 1 amide bonds. The van der Waals surface area contributed by atoms with Gasteiger partial charge >= 0.3 is 0 Å². The molecule has 28 heavy (non-hydrogen) atoms. The molecule has 0 saturated heterocycles. The van der Waals surface area contributed by atoms with Crippen LogP contribution in [0, 0.1) is 5.82 Å². The highest BCUT2D eigenvalue weighted by Gasteiger charge is 2.17. The molecule has 0 radical (unpaired) electrons. The molecule has 8 nitrogen and oxygen atoms in total. The zero-order chi connectivity index (χ0) is 20.7. The van der Waals surface area contributed by atoms with Gasteiger partial charge in [-0.25, -0.2) is 22.8 Å². The summed E-state index contributed by atoms with van der Waals surface area (Å²) in [4.78, 5) is 15.4. The number of nitrogens with one attached hydrogen (secondary N) is 1. The predicted molar refractivity (Wildman–Crippen MR) is 98.7 cm³/mol. The first-order valence-electron chi connectivity index (χ1n) is 7.72. The fraction of sp³-hybridized carbons (Fsp3) is 0.333. The number of amides is 1. The van der Waals surface area contributed by atoms with Gasteiger partial charge in [-0.05, 0) is 28.5 Å². The molecule has 1 heterocycles. The highest BCUT2D eigenvalue weighted by molar-refractivity contribution is 7.99. The monoisotopic (exact) mass is 435 g/mol. The Kier molecular flexibility index (Phi) is 7.99. The van der Waals surface area contributed by atoms with Gasteiger partial charge in [-0.1, -0.05) is 11.8 Å². The lowest BCUT2D eigenvalue weighted by atomic mass is 10.2. The van der Waals surface area contributed by atoms with E-state index in [9.17, 15) is 22.2 Å². The lowest BCUT2D eigenvalue weighted by molar-refractivity contribution is -0.118. The van der Waals surface area contributed by atoms with Gasteiger partial charge < -0.3 is 11.1 Å². The van der Waals surface area contributed by atoms with Crippen LogP contribution >= 0.6 is 11.8 Å². The number of amidine groups is 1. The van der Waals surface area contributed by atoms with Crippen molar-refractivity contribution in [2.45, 2.75) is 11.5 Å². The normalized spacial score (nSPS) is 13.0. The first-order chi connectivity index (χ1) is 13.3. The van der Waals surface area contributed by atoms with Crippen molar-refractivity contribution in [3.05, 3.63) is 35.3 Å². The Balaban J connectivity index is 2.02. The number of nitrogens with two attached hydrogens (primary N) is 1. The second kappa shape index (κ2) is 10.2. The van der Waals surface area contributed by atoms with Crippen LogP contribution in [0.15, 0.2) is 32.8 Å². The summed E-state index contributed by atoms with van der Waals surface area (Å²) in [7, 11) is -1.23. The van der Waals surface area contributed by atoms with E-state index < -0.39 is 28.6 Å². The Hall–Kier alpha value is -2.41. The molecular weight excluding hydrogens is 419 g/mol. The molecule has 0 saturated carbocycles. The second-order valence-corrected chi connectivity index (χ2v) is 7.86. The third-order valence-corrected chi connectivity index (χ3v) is 4.78. The summed E-state index contributed by atoms with van der Waals surface area (Å²) in [5.74, 6) is -1.23. The number of alkyl halides is 2. The third kappa shape index (κ3) is 6.34. The van der Waals surface area contributed by atoms with E-state index >= 15 is 0 Å². The van der Waals surface area contributed by atoms with Crippen LogP contribution in [0.2, 0.25) is 0 Å². The lowest BCUT2D eigenvalue weighted by Crippen LogP contribution is -2.29. The van der Waals surface area contributed by atoms with Crippen molar-refractivity contribution in [2.75, 3.05) is 24.3 Å². The largest absolute Gasteiger partial charge is 0.382 e. The number of thioether (sulfide) groups is 1. The summed E-state index contributed by atoms with van der Waals surface area (Å²) < 4.78 is 54.5. The topological polar surface area (TPSA) is 123 Å². The van der Waals surface area contributed by atoms with Crippen LogP contribution in [0.5, 0.6) is 0 Å². The van der Waals surface area contributed by atoms with Crippen LogP contribution in [-0.2, 0) is 15.6 Å². The Bertz CT molecular complexity index is 892. The average molecular weight is 435 g/mol. The molecule has 1 aromatic heterocycles. The maximum Gasteiger partial charge on any atom is 0.266 e. The van der Waals surface area contributed by atoms with E-state index in [-0.39, 0.29) is 40.4 Å². The molecule has 0 aliphatic heterocycles. The summed E-state index contributed by atoms with van der Waals surface area (Å²) in [5.41, 5.74) is 5.16. The summed E-state index contributed by atoms with van der Waals surface area (Å²) in [6.45, 7) is 0.278. The number of carbonyl (C=O) groups is 1. The van der Waals surface area contributed by atoms with Gasteiger partial charge in [-0.3, -0.25) is 9.00 Å². The zero-order valence-electron chi connectivity index (χ0n) is 14.5. The number of hydrogen-bond donors (Lipinski definition) is 2. The van der Waals surface area contributed by atoms with E-state index in [1.165, 1.54) is 24.1 Å². The van der Waals surface area contributed by atoms with Crippen molar-refractivity contribution in [2.24, 2.45) is 10.7 Å². The Morgan fingerprint density at radius 2 is 2.18 bits per heavy atom. The Morgan fingerprint density at radius 1 is 1.43 bits per heavy atom. The van der Waals surface area contributed by atoms with Crippen LogP contribution in [0.1, 0.15) is 17.7 Å². The summed E-state index contributed by atoms with van der Waals surface area (Å²) in [6.07, 6.45) is -1.56. The Labute approximate surface area is 164 Å². The van der Waals surface area contributed by atoms with Crippen molar-refractivity contribution in [1.29, 1.82) is 0 Å². The quantitative estimate of drug-likeness (QED) is 0.266. The third-order valence-electron chi connectivity index (χ3n) is 3.16. The molecule has 1 aromatic carbocycles. The SMILES string of the molecule is CS(=O)CC(=O)NCCSc1nonc1C(N)=Nc1ccc(F)c(C(F)F)c1. The minimum atomic E-state index is -2.99. The molecule has 3 N–H and O–H groups in total. The first kappa shape index (κ1) is 21.9. The van der Waals surface area contributed by atoms with Crippen LogP contribution < -0.4 is 11.1 Å². The van der Waals surface area contributed by atoms with Crippen molar-refractivity contribution < 1.29 is 26.8 Å². The van der Waals surface area contributed by atoms with Gasteiger partial charge in [-0.15, -0.1) is 0 Å². The van der Waals surface area contributed by atoms with Crippen molar-refractivity contribution in [3.63, 3.8) is 0 Å². The molecule has 1 unspecified atom stereocenters. The lowest BCUT2D eigenvalue weighted by Gasteiger charge is -2.04. The van der Waals surface area contributed by atoms with Crippen molar-refractivity contribution in [1.82, 2.24) is 15.6 Å². The summed E-state index contributed by atoms with van der Waals surface area (Å²) in [5, 5.41) is 10.2. The van der Waals surface area contributed by atoms with Crippen LogP contribution in [-0.4, -0.2) is 50.6 Å². The second-order valence-electron chi connectivity index (χ2n) is 5.34. The maximum absolute atomic E-state index is 13.3. The van der Waals surface area contributed by atoms with E-state index in [2.05, 4.69) is 25.3 Å². The van der Waals surface area contributed by atoms with Crippen LogP contribution in [0.25, 0.3) is 0 Å². The van der Waals surface area contributed by atoms with Crippen molar-refractivity contribution in [3.8, 4) is 0 Å². The van der Waals surface area contributed by atoms with E-state index in [0.29, 0.717) is 5.75 Å². The first-order valence-corrected chi connectivity index (χ1v) is 10.4. The van der Waals surface area contributed by atoms with Gasteiger partial charge in [0.05, 0.1) is 11.3 Å². The minimum Gasteiger partial charge on any atom is -0.382 e. The van der Waals surface area contributed by atoms with E-state index in [1.807, 2.05) is 0 Å². The minimum absolute atomic E-state index is 0.0213. The summed E-state index contributed by atoms with van der Waals surface area (Å²) in [6, 6.07) is 2.96.